The van der Waals surface area contributed by atoms with Crippen LogP contribution in [0.4, 0.5) is 5.13 Å². The van der Waals surface area contributed by atoms with E-state index in [4.69, 9.17) is 9.47 Å². The van der Waals surface area contributed by atoms with Crippen LogP contribution < -0.4 is 14.8 Å². The van der Waals surface area contributed by atoms with Crippen LogP contribution in [0.15, 0.2) is 42.5 Å². The number of benzene rings is 2. The van der Waals surface area contributed by atoms with Crippen molar-refractivity contribution in [2.24, 2.45) is 0 Å². The summed E-state index contributed by atoms with van der Waals surface area (Å²) >= 11 is 1.43. The van der Waals surface area contributed by atoms with E-state index >= 15 is 0 Å². The molecule has 2 aliphatic heterocycles. The van der Waals surface area contributed by atoms with Gasteiger partial charge in [-0.25, -0.2) is 0 Å². The van der Waals surface area contributed by atoms with Crippen molar-refractivity contribution in [2.45, 2.75) is 37.1 Å². The topological polar surface area (TPSA) is 93.7 Å². The molecule has 6 rings (SSSR count). The predicted octanol–water partition coefficient (Wildman–Crippen LogP) is 4.08. The third-order valence-electron chi connectivity index (χ3n) is 6.73. The van der Waals surface area contributed by atoms with E-state index in [2.05, 4.69) is 15.5 Å². The minimum atomic E-state index is -0.625. The van der Waals surface area contributed by atoms with Crippen molar-refractivity contribution in [3.63, 3.8) is 0 Å². The molecule has 3 heterocycles. The summed E-state index contributed by atoms with van der Waals surface area (Å²) in [4.78, 5) is 28.5. The number of amides is 2. The number of likely N-dealkylation sites (N-methyl/N-ethyl adjacent to an activating group) is 1. The van der Waals surface area contributed by atoms with Crippen LogP contribution in [0.5, 0.6) is 11.5 Å². The van der Waals surface area contributed by atoms with Gasteiger partial charge in [-0.2, -0.15) is 0 Å². The summed E-state index contributed by atoms with van der Waals surface area (Å²) in [7, 11) is 1.73. The zero-order valence-electron chi connectivity index (χ0n) is 18.0. The molecule has 0 saturated heterocycles. The van der Waals surface area contributed by atoms with E-state index in [0.29, 0.717) is 33.7 Å². The lowest BCUT2D eigenvalue weighted by atomic mass is 9.79. The Morgan fingerprint density at radius 1 is 1.12 bits per heavy atom. The van der Waals surface area contributed by atoms with Crippen molar-refractivity contribution < 1.29 is 19.1 Å². The van der Waals surface area contributed by atoms with Gasteiger partial charge in [0.15, 0.2) is 11.5 Å². The monoisotopic (exact) mass is 462 g/mol. The van der Waals surface area contributed by atoms with Crippen LogP contribution in [0.2, 0.25) is 0 Å². The summed E-state index contributed by atoms with van der Waals surface area (Å²) in [5.41, 5.74) is 2.03. The Bertz CT molecular complexity index is 1250. The Balaban J connectivity index is 1.38. The molecular weight excluding hydrogens is 440 g/mol. The molecule has 2 atom stereocenters. The van der Waals surface area contributed by atoms with E-state index in [9.17, 15) is 9.59 Å². The average molecular weight is 463 g/mol. The molecule has 1 saturated carbocycles. The number of hydrogen-bond donors (Lipinski definition) is 1. The maximum atomic E-state index is 13.7. The van der Waals surface area contributed by atoms with Crippen molar-refractivity contribution in [1.82, 2.24) is 15.1 Å². The lowest BCUT2D eigenvalue weighted by Gasteiger charge is -2.39. The van der Waals surface area contributed by atoms with Gasteiger partial charge in [0.25, 0.3) is 5.91 Å². The molecule has 1 aromatic heterocycles. The van der Waals surface area contributed by atoms with E-state index in [1.165, 1.54) is 17.8 Å². The summed E-state index contributed by atoms with van der Waals surface area (Å²) in [6.45, 7) is 0.158. The van der Waals surface area contributed by atoms with Crippen LogP contribution in [0.1, 0.15) is 63.6 Å². The minimum Gasteiger partial charge on any atom is -0.454 e. The molecule has 2 aromatic carbocycles. The number of ether oxygens (including phenoxy) is 2. The number of anilines is 1. The second-order valence-electron chi connectivity index (χ2n) is 8.60. The number of aromatic nitrogens is 2. The van der Waals surface area contributed by atoms with Gasteiger partial charge in [-0.05, 0) is 42.2 Å². The highest BCUT2D eigenvalue weighted by atomic mass is 32.1. The quantitative estimate of drug-likeness (QED) is 0.628. The van der Waals surface area contributed by atoms with Gasteiger partial charge in [0.2, 0.25) is 17.8 Å². The van der Waals surface area contributed by atoms with Gasteiger partial charge in [-0.3, -0.25) is 14.9 Å². The van der Waals surface area contributed by atoms with E-state index in [0.717, 1.165) is 23.4 Å². The lowest BCUT2D eigenvalue weighted by molar-refractivity contribution is -0.119. The second kappa shape index (κ2) is 7.84. The molecule has 0 spiro atoms. The van der Waals surface area contributed by atoms with E-state index < -0.39 is 12.0 Å². The van der Waals surface area contributed by atoms with Gasteiger partial charge >= 0.3 is 0 Å². The standard InChI is InChI=1S/C24H22N4O4S/c1-28-20(14-9-10-17-18(11-14)32-12-31-17)19(15-7-2-3-8-16(15)23(28)30)21(29)25-24-27-26-22(33-24)13-5-4-6-13/h2-3,7-11,13,19-20H,4-6,12H2,1H3,(H,25,27,29)/t19-,20-/m1/s1. The maximum Gasteiger partial charge on any atom is 0.254 e. The van der Waals surface area contributed by atoms with E-state index in [1.54, 1.807) is 18.0 Å². The number of carbonyl (C=O) groups excluding carboxylic acids is 2. The average Bonchev–Trinajstić information content (AvgIpc) is 3.43. The number of rotatable bonds is 4. The van der Waals surface area contributed by atoms with E-state index in [-0.39, 0.29) is 18.6 Å². The molecular formula is C24H22N4O4S. The Morgan fingerprint density at radius 3 is 2.76 bits per heavy atom. The predicted molar refractivity (Wildman–Crippen MR) is 122 cm³/mol. The SMILES string of the molecule is CN1C(=O)c2ccccc2[C@@H](C(=O)Nc2nnc(C3CCC3)s2)[C@H]1c1ccc2c(c1)OCO2. The van der Waals surface area contributed by atoms with Crippen LogP contribution >= 0.6 is 11.3 Å². The Kier molecular flexibility index (Phi) is 4.79. The van der Waals surface area contributed by atoms with Crippen LogP contribution in [0.3, 0.4) is 0 Å². The van der Waals surface area contributed by atoms with Gasteiger partial charge in [0, 0.05) is 18.5 Å². The molecule has 3 aliphatic rings. The Morgan fingerprint density at radius 2 is 1.94 bits per heavy atom. The summed E-state index contributed by atoms with van der Waals surface area (Å²) in [6.07, 6.45) is 3.46. The first-order valence-corrected chi connectivity index (χ1v) is 11.8. The molecule has 8 nitrogen and oxygen atoms in total. The zero-order valence-corrected chi connectivity index (χ0v) is 18.8. The molecule has 0 bridgehead atoms. The number of nitrogens with one attached hydrogen (secondary N) is 1. The molecule has 0 unspecified atom stereocenters. The first-order chi connectivity index (χ1) is 16.1. The normalized spacial score (nSPS) is 21.5. The van der Waals surface area contributed by atoms with Gasteiger partial charge in [-0.1, -0.05) is 42.0 Å². The summed E-state index contributed by atoms with van der Waals surface area (Å²) in [5, 5.41) is 12.9. The molecule has 1 N–H and O–H groups in total. The fourth-order valence-electron chi connectivity index (χ4n) is 4.76. The van der Waals surface area contributed by atoms with Crippen LogP contribution in [0.25, 0.3) is 0 Å². The van der Waals surface area contributed by atoms with Gasteiger partial charge in [0.05, 0.1) is 12.0 Å². The number of fused-ring (bicyclic) bond motifs is 2. The van der Waals surface area contributed by atoms with Crippen LogP contribution in [-0.2, 0) is 4.79 Å². The molecule has 1 fully saturated rings. The van der Waals surface area contributed by atoms with Crippen LogP contribution in [-0.4, -0.2) is 40.8 Å². The zero-order chi connectivity index (χ0) is 22.5. The minimum absolute atomic E-state index is 0.125. The molecule has 0 radical (unpaired) electrons. The third kappa shape index (κ3) is 3.34. The molecule has 1 aliphatic carbocycles. The molecule has 168 valence electrons. The maximum absolute atomic E-state index is 13.7. The highest BCUT2D eigenvalue weighted by molar-refractivity contribution is 7.15. The van der Waals surface area contributed by atoms with Gasteiger partial charge in [0.1, 0.15) is 5.01 Å². The van der Waals surface area contributed by atoms with Gasteiger partial charge < -0.3 is 14.4 Å². The smallest absolute Gasteiger partial charge is 0.254 e. The summed E-state index contributed by atoms with van der Waals surface area (Å²) in [6, 6.07) is 12.3. The van der Waals surface area contributed by atoms with Crippen molar-refractivity contribution in [3.05, 3.63) is 64.2 Å². The Labute approximate surface area is 194 Å². The fraction of sp³-hybridized carbons (Fsp3) is 0.333. The number of nitrogens with zero attached hydrogens (tertiary/aromatic N) is 3. The lowest BCUT2D eigenvalue weighted by Crippen LogP contribution is -2.44. The molecule has 2 amide bonds. The molecule has 33 heavy (non-hydrogen) atoms. The van der Waals surface area contributed by atoms with Gasteiger partial charge in [-0.15, -0.1) is 10.2 Å². The summed E-state index contributed by atoms with van der Waals surface area (Å²) in [5.74, 6) is 0.748. The van der Waals surface area contributed by atoms with Crippen molar-refractivity contribution in [2.75, 3.05) is 19.2 Å². The van der Waals surface area contributed by atoms with Crippen molar-refractivity contribution in [1.29, 1.82) is 0 Å². The fourth-order valence-corrected chi connectivity index (χ4v) is 5.67. The number of hydrogen-bond acceptors (Lipinski definition) is 7. The van der Waals surface area contributed by atoms with Crippen LogP contribution in [0, 0.1) is 0 Å². The highest BCUT2D eigenvalue weighted by Crippen LogP contribution is 2.45. The first-order valence-electron chi connectivity index (χ1n) is 11.0. The molecule has 3 aromatic rings. The highest BCUT2D eigenvalue weighted by Gasteiger charge is 2.43. The summed E-state index contributed by atoms with van der Waals surface area (Å²) < 4.78 is 11.0. The number of carbonyl (C=O) groups is 2. The van der Waals surface area contributed by atoms with Crippen molar-refractivity contribution in [3.8, 4) is 11.5 Å². The second-order valence-corrected chi connectivity index (χ2v) is 9.61. The molecule has 9 heteroatoms. The largest absolute Gasteiger partial charge is 0.454 e. The first kappa shape index (κ1) is 20.2. The Hall–Kier alpha value is -3.46. The van der Waals surface area contributed by atoms with E-state index in [1.807, 2.05) is 36.4 Å². The third-order valence-corrected chi connectivity index (χ3v) is 7.73. The van der Waals surface area contributed by atoms with Crippen molar-refractivity contribution >= 4 is 28.3 Å².